The lowest BCUT2D eigenvalue weighted by Crippen LogP contribution is -2.13. The molecule has 0 bridgehead atoms. The second-order valence-corrected chi connectivity index (χ2v) is 2.83. The highest BCUT2D eigenvalue weighted by atomic mass is 19.4. The van der Waals surface area contributed by atoms with Gasteiger partial charge in [0.25, 0.3) is 0 Å². The second kappa shape index (κ2) is 4.38. The van der Waals surface area contributed by atoms with Crippen LogP contribution >= 0.6 is 0 Å². The van der Waals surface area contributed by atoms with Crippen LogP contribution in [-0.2, 0) is 10.9 Å². The van der Waals surface area contributed by atoms with Gasteiger partial charge in [0.1, 0.15) is 17.1 Å². The number of alkyl halides is 3. The fourth-order valence-corrected chi connectivity index (χ4v) is 1.08. The lowest BCUT2D eigenvalue weighted by Gasteiger charge is -2.10. The number of nitrogens with zero attached hydrogens (tertiary/aromatic N) is 1. The fourth-order valence-electron chi connectivity index (χ4n) is 1.08. The van der Waals surface area contributed by atoms with Crippen LogP contribution in [0.3, 0.4) is 0 Å². The first kappa shape index (κ1) is 12.3. The topological polar surface area (TPSA) is 51.2 Å². The summed E-state index contributed by atoms with van der Waals surface area (Å²) >= 11 is 0. The molecule has 0 fully saturated rings. The van der Waals surface area contributed by atoms with Crippen LogP contribution in [0.2, 0.25) is 0 Å². The smallest absolute Gasteiger partial charge is 0.433 e. The number of ether oxygens (including phenoxy) is 1. The first-order chi connectivity index (χ1) is 7.40. The number of rotatable bonds is 2. The summed E-state index contributed by atoms with van der Waals surface area (Å²) in [7, 11) is 2.51. The molecule has 1 aromatic rings. The van der Waals surface area contributed by atoms with Gasteiger partial charge >= 0.3 is 12.1 Å². The van der Waals surface area contributed by atoms with Crippen molar-refractivity contribution >= 4 is 11.8 Å². The van der Waals surface area contributed by atoms with Gasteiger partial charge in [0, 0.05) is 7.05 Å². The third-order valence-corrected chi connectivity index (χ3v) is 1.83. The van der Waals surface area contributed by atoms with Gasteiger partial charge in [-0.05, 0) is 12.1 Å². The second-order valence-electron chi connectivity index (χ2n) is 2.83. The maximum atomic E-state index is 12.3. The fraction of sp³-hybridized carbons (Fsp3) is 0.333. The van der Waals surface area contributed by atoms with E-state index in [0.717, 1.165) is 19.2 Å². The molecule has 88 valence electrons. The average molecular weight is 234 g/mol. The number of anilines is 1. The SMILES string of the molecule is CNc1nc(C(F)(F)F)ccc1C(=O)OC. The highest BCUT2D eigenvalue weighted by Crippen LogP contribution is 2.29. The van der Waals surface area contributed by atoms with Crippen molar-refractivity contribution in [1.82, 2.24) is 4.98 Å². The van der Waals surface area contributed by atoms with Gasteiger partial charge in [-0.1, -0.05) is 0 Å². The molecule has 1 N–H and O–H groups in total. The van der Waals surface area contributed by atoms with E-state index in [4.69, 9.17) is 0 Å². The minimum absolute atomic E-state index is 0.0435. The molecule has 0 spiro atoms. The molecule has 0 unspecified atom stereocenters. The monoisotopic (exact) mass is 234 g/mol. The van der Waals surface area contributed by atoms with Crippen molar-refractivity contribution in [2.45, 2.75) is 6.18 Å². The third kappa shape index (κ3) is 2.41. The summed E-state index contributed by atoms with van der Waals surface area (Å²) in [5.74, 6) is -0.910. The van der Waals surface area contributed by atoms with Crippen LogP contribution in [0.15, 0.2) is 12.1 Å². The first-order valence-electron chi connectivity index (χ1n) is 4.24. The van der Waals surface area contributed by atoms with Gasteiger partial charge in [0.15, 0.2) is 0 Å². The number of methoxy groups -OCH3 is 1. The molecule has 0 saturated heterocycles. The van der Waals surface area contributed by atoms with Crippen molar-refractivity contribution < 1.29 is 22.7 Å². The number of hydrogen-bond acceptors (Lipinski definition) is 4. The Morgan fingerprint density at radius 1 is 1.44 bits per heavy atom. The Labute approximate surface area is 89.4 Å². The number of hydrogen-bond donors (Lipinski definition) is 1. The third-order valence-electron chi connectivity index (χ3n) is 1.83. The molecular weight excluding hydrogens is 225 g/mol. The Bertz CT molecular complexity index is 404. The van der Waals surface area contributed by atoms with E-state index in [9.17, 15) is 18.0 Å². The molecule has 7 heteroatoms. The quantitative estimate of drug-likeness (QED) is 0.794. The normalized spacial score (nSPS) is 11.1. The van der Waals surface area contributed by atoms with E-state index in [2.05, 4.69) is 15.0 Å². The summed E-state index contributed by atoms with van der Waals surface area (Å²) in [4.78, 5) is 14.5. The molecule has 0 amide bonds. The molecule has 0 radical (unpaired) electrons. The minimum Gasteiger partial charge on any atom is -0.465 e. The maximum Gasteiger partial charge on any atom is 0.433 e. The Balaban J connectivity index is 3.22. The van der Waals surface area contributed by atoms with Gasteiger partial charge in [-0.3, -0.25) is 0 Å². The number of carbonyl (C=O) groups is 1. The van der Waals surface area contributed by atoms with Crippen LogP contribution in [0.1, 0.15) is 16.1 Å². The van der Waals surface area contributed by atoms with Crippen LogP contribution in [0.4, 0.5) is 19.0 Å². The van der Waals surface area contributed by atoms with Crippen LogP contribution in [-0.4, -0.2) is 25.1 Å². The molecule has 0 aliphatic rings. The van der Waals surface area contributed by atoms with Crippen LogP contribution in [0.5, 0.6) is 0 Å². The van der Waals surface area contributed by atoms with Crippen LogP contribution < -0.4 is 5.32 Å². The van der Waals surface area contributed by atoms with Crippen molar-refractivity contribution in [2.24, 2.45) is 0 Å². The highest BCUT2D eigenvalue weighted by Gasteiger charge is 2.33. The lowest BCUT2D eigenvalue weighted by molar-refractivity contribution is -0.141. The molecule has 0 atom stereocenters. The number of nitrogens with one attached hydrogen (secondary N) is 1. The van der Waals surface area contributed by atoms with Crippen LogP contribution in [0.25, 0.3) is 0 Å². The van der Waals surface area contributed by atoms with Crippen molar-refractivity contribution in [2.75, 3.05) is 19.5 Å². The molecule has 0 aliphatic heterocycles. The molecule has 1 rings (SSSR count). The van der Waals surface area contributed by atoms with E-state index < -0.39 is 17.8 Å². The van der Waals surface area contributed by atoms with Crippen molar-refractivity contribution in [3.05, 3.63) is 23.4 Å². The first-order valence-corrected chi connectivity index (χ1v) is 4.24. The zero-order valence-corrected chi connectivity index (χ0v) is 8.55. The molecule has 1 heterocycles. The molecule has 0 saturated carbocycles. The summed E-state index contributed by atoms with van der Waals surface area (Å²) in [6.07, 6.45) is -4.54. The minimum atomic E-state index is -4.54. The van der Waals surface area contributed by atoms with E-state index in [-0.39, 0.29) is 11.4 Å². The molecule has 0 aromatic carbocycles. The predicted molar refractivity (Wildman–Crippen MR) is 50.1 cm³/mol. The van der Waals surface area contributed by atoms with Crippen molar-refractivity contribution in [3.63, 3.8) is 0 Å². The standard InChI is InChI=1S/C9H9F3N2O2/c1-13-7-5(8(15)16-2)3-4-6(14-7)9(10,11)12/h3-4H,1-2H3,(H,13,14). The van der Waals surface area contributed by atoms with E-state index >= 15 is 0 Å². The van der Waals surface area contributed by atoms with Gasteiger partial charge in [-0.15, -0.1) is 0 Å². The van der Waals surface area contributed by atoms with E-state index in [1.54, 1.807) is 0 Å². The summed E-state index contributed by atoms with van der Waals surface area (Å²) in [6, 6.07) is 1.75. The molecular formula is C9H9F3N2O2. The Morgan fingerprint density at radius 2 is 2.06 bits per heavy atom. The van der Waals surface area contributed by atoms with E-state index in [1.165, 1.54) is 7.05 Å². The number of aromatic nitrogens is 1. The lowest BCUT2D eigenvalue weighted by atomic mass is 10.2. The Hall–Kier alpha value is -1.79. The highest BCUT2D eigenvalue weighted by molar-refractivity contribution is 5.94. The summed E-state index contributed by atoms with van der Waals surface area (Å²) < 4.78 is 41.3. The van der Waals surface area contributed by atoms with E-state index in [1.807, 2.05) is 0 Å². The van der Waals surface area contributed by atoms with Gasteiger partial charge in [0.05, 0.1) is 7.11 Å². The van der Waals surface area contributed by atoms with Crippen molar-refractivity contribution in [3.8, 4) is 0 Å². The Morgan fingerprint density at radius 3 is 2.50 bits per heavy atom. The predicted octanol–water partition coefficient (Wildman–Crippen LogP) is 1.93. The Kier molecular flexibility index (Phi) is 3.36. The van der Waals surface area contributed by atoms with Gasteiger partial charge in [-0.2, -0.15) is 13.2 Å². The summed E-state index contributed by atoms with van der Waals surface area (Å²) in [5.41, 5.74) is -1.11. The average Bonchev–Trinajstić information content (AvgIpc) is 2.26. The molecule has 1 aromatic heterocycles. The van der Waals surface area contributed by atoms with E-state index in [0.29, 0.717) is 0 Å². The van der Waals surface area contributed by atoms with Gasteiger partial charge in [0.2, 0.25) is 0 Å². The molecule has 16 heavy (non-hydrogen) atoms. The molecule has 0 aliphatic carbocycles. The van der Waals surface area contributed by atoms with Gasteiger partial charge < -0.3 is 10.1 Å². The maximum absolute atomic E-state index is 12.3. The number of carbonyl (C=O) groups excluding carboxylic acids is 1. The van der Waals surface area contributed by atoms with Gasteiger partial charge in [-0.25, -0.2) is 9.78 Å². The number of pyridine rings is 1. The zero-order chi connectivity index (χ0) is 12.3. The van der Waals surface area contributed by atoms with Crippen molar-refractivity contribution in [1.29, 1.82) is 0 Å². The molecule has 4 nitrogen and oxygen atoms in total. The summed E-state index contributed by atoms with van der Waals surface area (Å²) in [6.45, 7) is 0. The zero-order valence-electron chi connectivity index (χ0n) is 8.55. The number of esters is 1. The number of halogens is 3. The van der Waals surface area contributed by atoms with Crippen LogP contribution in [0, 0.1) is 0 Å². The largest absolute Gasteiger partial charge is 0.465 e. The summed E-state index contributed by atoms with van der Waals surface area (Å²) in [5, 5.41) is 2.41.